The van der Waals surface area contributed by atoms with E-state index in [1.54, 1.807) is 24.4 Å². The number of hydrogen-bond acceptors (Lipinski definition) is 3. The van der Waals surface area contributed by atoms with E-state index >= 15 is 0 Å². The van der Waals surface area contributed by atoms with Crippen molar-refractivity contribution in [2.75, 3.05) is 11.9 Å². The molecule has 9 heteroatoms. The minimum atomic E-state index is -0.468. The van der Waals surface area contributed by atoms with Gasteiger partial charge < -0.3 is 20.1 Å². The third kappa shape index (κ3) is 5.03. The summed E-state index contributed by atoms with van der Waals surface area (Å²) in [5.41, 5.74) is 3.03. The Hall–Kier alpha value is -3.56. The lowest BCUT2D eigenvalue weighted by molar-refractivity contribution is -0.116. The highest BCUT2D eigenvalue weighted by Gasteiger charge is 2.41. The first kappa shape index (κ1) is 24.1. The second-order valence-corrected chi connectivity index (χ2v) is 9.68. The first-order valence-electron chi connectivity index (χ1n) is 11.5. The summed E-state index contributed by atoms with van der Waals surface area (Å²) in [6, 6.07) is 23.6. The number of carbonyl (C=O) groups is 1. The topological polar surface area (TPSA) is 62.2 Å². The van der Waals surface area contributed by atoms with Gasteiger partial charge in [-0.1, -0.05) is 34.1 Å². The summed E-state index contributed by atoms with van der Waals surface area (Å²) in [5.74, 6) is -0.754. The minimum Gasteiger partial charge on any atom is -0.352 e. The van der Waals surface area contributed by atoms with Gasteiger partial charge in [0.25, 0.3) is 0 Å². The Kier molecular flexibility index (Phi) is 7.11. The Morgan fingerprint density at radius 2 is 1.83 bits per heavy atom. The molecule has 0 radical (unpaired) electrons. The molecule has 36 heavy (non-hydrogen) atoms. The fourth-order valence-electron chi connectivity index (χ4n) is 4.44. The molecule has 6 nitrogen and oxygen atoms in total. The summed E-state index contributed by atoms with van der Waals surface area (Å²) < 4.78 is 17.1. The van der Waals surface area contributed by atoms with Crippen LogP contribution in [0.5, 0.6) is 0 Å². The second kappa shape index (κ2) is 10.6. The summed E-state index contributed by atoms with van der Waals surface area (Å²) >= 11 is 9.23. The summed E-state index contributed by atoms with van der Waals surface area (Å²) in [6.07, 6.45) is 3.91. The summed E-state index contributed by atoms with van der Waals surface area (Å²) in [7, 11) is 0. The van der Waals surface area contributed by atoms with Gasteiger partial charge in [-0.2, -0.15) is 0 Å². The molecule has 4 aromatic rings. The van der Waals surface area contributed by atoms with Crippen LogP contribution in [0.4, 0.5) is 10.1 Å². The lowest BCUT2D eigenvalue weighted by Gasteiger charge is -2.29. The van der Waals surface area contributed by atoms with Gasteiger partial charge >= 0.3 is 0 Å². The van der Waals surface area contributed by atoms with Gasteiger partial charge in [-0.25, -0.2) is 4.39 Å². The van der Waals surface area contributed by atoms with Gasteiger partial charge in [-0.05, 0) is 72.9 Å². The molecule has 2 N–H and O–H groups in total. The number of nitrogens with zero attached hydrogens (tertiary/aromatic N) is 3. The van der Waals surface area contributed by atoms with Crippen LogP contribution in [0.1, 0.15) is 29.9 Å². The second-order valence-electron chi connectivity index (χ2n) is 8.38. The fraction of sp³-hybridized carbons (Fsp3) is 0.148. The van der Waals surface area contributed by atoms with Crippen LogP contribution in [0.2, 0.25) is 0 Å². The van der Waals surface area contributed by atoms with Crippen LogP contribution in [0.15, 0.2) is 95.7 Å². The van der Waals surface area contributed by atoms with Crippen molar-refractivity contribution in [3.8, 4) is 5.69 Å². The number of para-hydroxylation sites is 1. The van der Waals surface area contributed by atoms with E-state index in [1.165, 1.54) is 6.07 Å². The van der Waals surface area contributed by atoms with Crippen molar-refractivity contribution in [1.82, 2.24) is 19.8 Å². The Morgan fingerprint density at radius 1 is 1.06 bits per heavy atom. The van der Waals surface area contributed by atoms with E-state index in [1.807, 2.05) is 59.6 Å². The zero-order chi connectivity index (χ0) is 25.1. The largest absolute Gasteiger partial charge is 0.352 e. The molecule has 0 aliphatic carbocycles. The maximum atomic E-state index is 14.0. The van der Waals surface area contributed by atoms with Crippen molar-refractivity contribution in [3.05, 3.63) is 113 Å². The predicted octanol–water partition coefficient (Wildman–Crippen LogP) is 5.78. The lowest BCUT2D eigenvalue weighted by atomic mass is 10.0. The van der Waals surface area contributed by atoms with E-state index in [9.17, 15) is 9.18 Å². The van der Waals surface area contributed by atoms with Gasteiger partial charge in [0, 0.05) is 41.2 Å². The first-order chi connectivity index (χ1) is 17.5. The van der Waals surface area contributed by atoms with E-state index in [0.717, 1.165) is 21.5 Å². The predicted molar refractivity (Wildman–Crippen MR) is 145 cm³/mol. The molecule has 2 atom stereocenters. The standard InChI is InChI=1S/C27H23BrFN5OS/c28-18-10-12-19(13-11-18)33-16-5-9-23(33)26-25(22-8-3-4-15-30-22)32-27(36)34(26)17-14-24(35)31-21-7-2-1-6-20(21)29/h1-13,15-16,25-26H,14,17H2,(H,31,35)(H,32,36)/t25-,26-/m1/s1. The maximum Gasteiger partial charge on any atom is 0.226 e. The van der Waals surface area contributed by atoms with Crippen molar-refractivity contribution in [2.24, 2.45) is 0 Å². The molecule has 0 saturated carbocycles. The molecule has 1 aliphatic rings. The number of anilines is 1. The van der Waals surface area contributed by atoms with Crippen molar-refractivity contribution < 1.29 is 9.18 Å². The number of pyridine rings is 1. The van der Waals surface area contributed by atoms with Crippen molar-refractivity contribution in [1.29, 1.82) is 0 Å². The van der Waals surface area contributed by atoms with Crippen LogP contribution < -0.4 is 10.6 Å². The zero-order valence-electron chi connectivity index (χ0n) is 19.1. The Bertz CT molecular complexity index is 1380. The van der Waals surface area contributed by atoms with Crippen LogP contribution in [-0.4, -0.2) is 32.0 Å². The number of thiocarbonyl (C=S) groups is 1. The SMILES string of the molecule is O=C(CCN1C(=S)N[C@H](c2ccccn2)[C@H]1c1cccn1-c1ccc(Br)cc1)Nc1ccccc1F. The molecular formula is C27H23BrFN5OS. The molecule has 5 rings (SSSR count). The molecule has 1 aliphatic heterocycles. The van der Waals surface area contributed by atoms with Gasteiger partial charge in [-0.15, -0.1) is 0 Å². The van der Waals surface area contributed by atoms with E-state index in [4.69, 9.17) is 12.2 Å². The number of amides is 1. The third-order valence-corrected chi connectivity index (χ3v) is 6.99. The number of carbonyl (C=O) groups excluding carboxylic acids is 1. The lowest BCUT2D eigenvalue weighted by Crippen LogP contribution is -2.33. The van der Waals surface area contributed by atoms with Gasteiger partial charge in [0.15, 0.2) is 5.11 Å². The highest BCUT2D eigenvalue weighted by Crippen LogP contribution is 2.39. The zero-order valence-corrected chi connectivity index (χ0v) is 21.5. The van der Waals surface area contributed by atoms with Crippen molar-refractivity contribution in [3.63, 3.8) is 0 Å². The van der Waals surface area contributed by atoms with Crippen LogP contribution in [0.3, 0.4) is 0 Å². The van der Waals surface area contributed by atoms with E-state index in [2.05, 4.69) is 42.2 Å². The minimum absolute atomic E-state index is 0.139. The third-order valence-electron chi connectivity index (χ3n) is 6.11. The van der Waals surface area contributed by atoms with Gasteiger partial charge in [-0.3, -0.25) is 9.78 Å². The molecule has 1 amide bonds. The monoisotopic (exact) mass is 563 g/mol. The summed E-state index contributed by atoms with van der Waals surface area (Å²) in [4.78, 5) is 19.3. The number of aromatic nitrogens is 2. The average molecular weight is 564 g/mol. The molecule has 1 saturated heterocycles. The highest BCUT2D eigenvalue weighted by molar-refractivity contribution is 9.10. The smallest absolute Gasteiger partial charge is 0.226 e. The quantitative estimate of drug-likeness (QED) is 0.279. The molecular weight excluding hydrogens is 541 g/mol. The van der Waals surface area contributed by atoms with Crippen molar-refractivity contribution in [2.45, 2.75) is 18.5 Å². The van der Waals surface area contributed by atoms with Crippen LogP contribution >= 0.6 is 28.1 Å². The van der Waals surface area contributed by atoms with E-state index in [-0.39, 0.29) is 30.1 Å². The van der Waals surface area contributed by atoms with Crippen molar-refractivity contribution >= 4 is 44.9 Å². The van der Waals surface area contributed by atoms with Gasteiger partial charge in [0.2, 0.25) is 5.91 Å². The van der Waals surface area contributed by atoms with E-state index in [0.29, 0.717) is 11.7 Å². The Morgan fingerprint density at radius 3 is 2.58 bits per heavy atom. The summed E-state index contributed by atoms with van der Waals surface area (Å²) in [5, 5.41) is 6.61. The van der Waals surface area contributed by atoms with Crippen LogP contribution in [0, 0.1) is 5.82 Å². The maximum absolute atomic E-state index is 14.0. The average Bonchev–Trinajstić information content (AvgIpc) is 3.49. The Labute approximate surface area is 222 Å². The number of halogens is 2. The normalized spacial score (nSPS) is 17.2. The van der Waals surface area contributed by atoms with E-state index < -0.39 is 5.82 Å². The molecule has 2 aromatic carbocycles. The number of nitrogens with one attached hydrogen (secondary N) is 2. The number of benzene rings is 2. The summed E-state index contributed by atoms with van der Waals surface area (Å²) in [6.45, 7) is 0.353. The molecule has 2 aromatic heterocycles. The van der Waals surface area contributed by atoms with Gasteiger partial charge in [0.05, 0.1) is 23.5 Å². The molecule has 0 unspecified atom stereocenters. The van der Waals surface area contributed by atoms with Gasteiger partial charge in [0.1, 0.15) is 5.82 Å². The fourth-order valence-corrected chi connectivity index (χ4v) is 5.03. The Balaban J connectivity index is 1.44. The number of hydrogen-bond donors (Lipinski definition) is 2. The first-order valence-corrected chi connectivity index (χ1v) is 12.7. The molecule has 182 valence electrons. The highest BCUT2D eigenvalue weighted by atomic mass is 79.9. The van der Waals surface area contributed by atoms with Crippen LogP contribution in [-0.2, 0) is 4.79 Å². The molecule has 3 heterocycles. The number of rotatable bonds is 7. The molecule has 0 bridgehead atoms. The molecule has 0 spiro atoms. The van der Waals surface area contributed by atoms with Crippen LogP contribution in [0.25, 0.3) is 5.69 Å². The molecule has 1 fully saturated rings.